The SMILES string of the molecule is Cc1cccc(Nc2cc(N3CCN(c4cccc(Cl)c4)CC3)ncn2)c1. The van der Waals surface area contributed by atoms with Gasteiger partial charge in [-0.15, -0.1) is 0 Å². The van der Waals surface area contributed by atoms with Gasteiger partial charge in [0.1, 0.15) is 18.0 Å². The van der Waals surface area contributed by atoms with Gasteiger partial charge in [-0.2, -0.15) is 0 Å². The van der Waals surface area contributed by atoms with E-state index in [4.69, 9.17) is 11.6 Å². The Morgan fingerprint density at radius 1 is 0.889 bits per heavy atom. The zero-order chi connectivity index (χ0) is 18.6. The minimum absolute atomic E-state index is 0.776. The van der Waals surface area contributed by atoms with Gasteiger partial charge in [0.2, 0.25) is 0 Å². The third-order valence-electron chi connectivity index (χ3n) is 4.72. The highest BCUT2D eigenvalue weighted by atomic mass is 35.5. The summed E-state index contributed by atoms with van der Waals surface area (Å²) in [4.78, 5) is 13.5. The van der Waals surface area contributed by atoms with Crippen LogP contribution in [0.25, 0.3) is 0 Å². The largest absolute Gasteiger partial charge is 0.368 e. The number of anilines is 4. The second-order valence-corrected chi connectivity index (χ2v) is 7.15. The molecule has 6 heteroatoms. The van der Waals surface area contributed by atoms with Gasteiger partial charge >= 0.3 is 0 Å². The maximum Gasteiger partial charge on any atom is 0.135 e. The van der Waals surface area contributed by atoms with Crippen molar-refractivity contribution in [2.75, 3.05) is 41.3 Å². The van der Waals surface area contributed by atoms with Crippen molar-refractivity contribution in [3.63, 3.8) is 0 Å². The van der Waals surface area contributed by atoms with Crippen LogP contribution in [0.15, 0.2) is 60.9 Å². The van der Waals surface area contributed by atoms with E-state index < -0.39 is 0 Å². The highest BCUT2D eigenvalue weighted by Gasteiger charge is 2.19. The number of nitrogens with one attached hydrogen (secondary N) is 1. The van der Waals surface area contributed by atoms with E-state index in [1.165, 1.54) is 11.3 Å². The van der Waals surface area contributed by atoms with Crippen LogP contribution >= 0.6 is 11.6 Å². The van der Waals surface area contributed by atoms with E-state index >= 15 is 0 Å². The number of benzene rings is 2. The maximum atomic E-state index is 6.12. The predicted molar refractivity (Wildman–Crippen MR) is 112 cm³/mol. The van der Waals surface area contributed by atoms with Gasteiger partial charge < -0.3 is 15.1 Å². The highest BCUT2D eigenvalue weighted by Crippen LogP contribution is 2.24. The second-order valence-electron chi connectivity index (χ2n) is 6.71. The van der Waals surface area contributed by atoms with Gasteiger partial charge in [-0.1, -0.05) is 29.8 Å². The third kappa shape index (κ3) is 4.31. The summed E-state index contributed by atoms with van der Waals surface area (Å²) in [7, 11) is 0. The Morgan fingerprint density at radius 3 is 2.44 bits per heavy atom. The summed E-state index contributed by atoms with van der Waals surface area (Å²) in [5.74, 6) is 1.76. The smallest absolute Gasteiger partial charge is 0.135 e. The quantitative estimate of drug-likeness (QED) is 0.722. The van der Waals surface area contributed by atoms with Crippen LogP contribution in [-0.2, 0) is 0 Å². The average molecular weight is 380 g/mol. The lowest BCUT2D eigenvalue weighted by Gasteiger charge is -2.36. The first-order valence-electron chi connectivity index (χ1n) is 9.08. The summed E-state index contributed by atoms with van der Waals surface area (Å²) in [5.41, 5.74) is 3.42. The summed E-state index contributed by atoms with van der Waals surface area (Å²) >= 11 is 6.12. The first kappa shape index (κ1) is 17.6. The fraction of sp³-hybridized carbons (Fsp3) is 0.238. The first-order valence-corrected chi connectivity index (χ1v) is 9.46. The number of rotatable bonds is 4. The number of nitrogens with zero attached hydrogens (tertiary/aromatic N) is 4. The molecule has 27 heavy (non-hydrogen) atoms. The number of hydrogen-bond acceptors (Lipinski definition) is 5. The molecular formula is C21H22ClN5. The van der Waals surface area contributed by atoms with E-state index in [2.05, 4.69) is 50.2 Å². The van der Waals surface area contributed by atoms with Gasteiger partial charge in [-0.05, 0) is 42.8 Å². The molecule has 1 fully saturated rings. The molecule has 0 amide bonds. The van der Waals surface area contributed by atoms with Gasteiger partial charge in [0.15, 0.2) is 0 Å². The Balaban J connectivity index is 1.42. The Hall–Kier alpha value is -2.79. The van der Waals surface area contributed by atoms with Crippen molar-refractivity contribution in [2.24, 2.45) is 0 Å². The van der Waals surface area contributed by atoms with Gasteiger partial charge in [0, 0.05) is 48.6 Å². The zero-order valence-corrected chi connectivity index (χ0v) is 16.0. The molecule has 1 aliphatic rings. The van der Waals surface area contributed by atoms with Gasteiger partial charge in [-0.3, -0.25) is 0 Å². The Labute approximate surface area is 164 Å². The molecule has 0 unspecified atom stereocenters. The van der Waals surface area contributed by atoms with Crippen LogP contribution in [0.2, 0.25) is 5.02 Å². The van der Waals surface area contributed by atoms with Crippen molar-refractivity contribution >= 4 is 34.6 Å². The van der Waals surface area contributed by atoms with Crippen molar-refractivity contribution in [1.29, 1.82) is 0 Å². The number of aryl methyl sites for hydroxylation is 1. The van der Waals surface area contributed by atoms with Crippen molar-refractivity contribution in [2.45, 2.75) is 6.92 Å². The van der Waals surface area contributed by atoms with E-state index in [0.29, 0.717) is 0 Å². The molecule has 4 rings (SSSR count). The molecule has 138 valence electrons. The van der Waals surface area contributed by atoms with Crippen LogP contribution in [0, 0.1) is 6.92 Å². The van der Waals surface area contributed by atoms with Crippen molar-refractivity contribution < 1.29 is 0 Å². The topological polar surface area (TPSA) is 44.3 Å². The molecule has 1 saturated heterocycles. The molecule has 0 radical (unpaired) electrons. The van der Waals surface area contributed by atoms with Crippen LogP contribution < -0.4 is 15.1 Å². The van der Waals surface area contributed by atoms with Crippen molar-refractivity contribution in [3.8, 4) is 0 Å². The summed E-state index contributed by atoms with van der Waals surface area (Å²) in [5, 5.41) is 4.14. The molecule has 2 aromatic carbocycles. The third-order valence-corrected chi connectivity index (χ3v) is 4.96. The van der Waals surface area contributed by atoms with Gasteiger partial charge in [0.25, 0.3) is 0 Å². The van der Waals surface area contributed by atoms with Gasteiger partial charge in [-0.25, -0.2) is 9.97 Å². The minimum Gasteiger partial charge on any atom is -0.368 e. The molecule has 0 aliphatic carbocycles. The lowest BCUT2D eigenvalue weighted by molar-refractivity contribution is 0.647. The van der Waals surface area contributed by atoms with Crippen LogP contribution in [0.1, 0.15) is 5.56 Å². The molecule has 0 saturated carbocycles. The fourth-order valence-corrected chi connectivity index (χ4v) is 3.51. The number of aromatic nitrogens is 2. The molecule has 2 heterocycles. The molecule has 0 bridgehead atoms. The molecule has 0 spiro atoms. The van der Waals surface area contributed by atoms with E-state index in [9.17, 15) is 0 Å². The van der Waals surface area contributed by atoms with E-state index in [1.807, 2.05) is 36.4 Å². The summed E-state index contributed by atoms with van der Waals surface area (Å²) in [6, 6.07) is 18.3. The molecule has 1 N–H and O–H groups in total. The standard InChI is InChI=1S/C21H22ClN5/c1-16-4-2-6-18(12-16)25-20-14-21(24-15-23-20)27-10-8-26(9-11-27)19-7-3-5-17(22)13-19/h2-7,12-15H,8-11H2,1H3,(H,23,24,25). The average Bonchev–Trinajstić information content (AvgIpc) is 2.68. The van der Waals surface area contributed by atoms with Crippen LogP contribution in [-0.4, -0.2) is 36.1 Å². The highest BCUT2D eigenvalue weighted by molar-refractivity contribution is 6.30. The summed E-state index contributed by atoms with van der Waals surface area (Å²) in [6.45, 7) is 5.77. The lowest BCUT2D eigenvalue weighted by Crippen LogP contribution is -2.46. The predicted octanol–water partition coefficient (Wildman–Crippen LogP) is 4.51. The zero-order valence-electron chi connectivity index (χ0n) is 15.3. The molecular weight excluding hydrogens is 358 g/mol. The summed E-state index contributed by atoms with van der Waals surface area (Å²) < 4.78 is 0. The molecule has 1 aliphatic heterocycles. The Bertz CT molecular complexity index is 922. The van der Waals surface area contributed by atoms with E-state index in [0.717, 1.165) is 48.5 Å². The van der Waals surface area contributed by atoms with Gasteiger partial charge in [0.05, 0.1) is 0 Å². The van der Waals surface area contributed by atoms with E-state index in [1.54, 1.807) is 6.33 Å². The molecule has 5 nitrogen and oxygen atoms in total. The van der Waals surface area contributed by atoms with Crippen molar-refractivity contribution in [3.05, 3.63) is 71.5 Å². The molecule has 3 aromatic rings. The van der Waals surface area contributed by atoms with Crippen molar-refractivity contribution in [1.82, 2.24) is 9.97 Å². The molecule has 0 atom stereocenters. The Kier molecular flexibility index (Phi) is 5.12. The number of halogens is 1. The minimum atomic E-state index is 0.776. The molecule has 1 aromatic heterocycles. The maximum absolute atomic E-state index is 6.12. The monoisotopic (exact) mass is 379 g/mol. The van der Waals surface area contributed by atoms with E-state index in [-0.39, 0.29) is 0 Å². The lowest BCUT2D eigenvalue weighted by atomic mass is 10.2. The van der Waals surface area contributed by atoms with Crippen LogP contribution in [0.5, 0.6) is 0 Å². The summed E-state index contributed by atoms with van der Waals surface area (Å²) in [6.07, 6.45) is 1.62. The normalized spacial score (nSPS) is 14.3. The first-order chi connectivity index (χ1) is 13.2. The number of hydrogen-bond donors (Lipinski definition) is 1. The Morgan fingerprint density at radius 2 is 1.67 bits per heavy atom. The second kappa shape index (κ2) is 7.84. The fourth-order valence-electron chi connectivity index (χ4n) is 3.33. The van der Waals surface area contributed by atoms with Crippen LogP contribution in [0.3, 0.4) is 0 Å². The van der Waals surface area contributed by atoms with Crippen LogP contribution in [0.4, 0.5) is 23.0 Å². The number of piperazine rings is 1.